The molecule has 258 valence electrons. The molecule has 0 aromatic carbocycles. The fourth-order valence-corrected chi connectivity index (χ4v) is 4.76. The van der Waals surface area contributed by atoms with Crippen molar-refractivity contribution in [1.29, 1.82) is 0 Å². The molecule has 1 spiro atoms. The Morgan fingerprint density at radius 3 is 1.78 bits per heavy atom. The van der Waals surface area contributed by atoms with Crippen molar-refractivity contribution in [1.82, 2.24) is 19.7 Å². The third-order valence-corrected chi connectivity index (χ3v) is 6.92. The first-order chi connectivity index (χ1) is 21.0. The second kappa shape index (κ2) is 16.5. The maximum absolute atomic E-state index is 13.1. The minimum Gasteiger partial charge on any atom is -0.475 e. The molecule has 0 bridgehead atoms. The number of carboxylic acids is 3. The number of carboxylic acid groups (broad SMARTS) is 3. The third kappa shape index (κ3) is 12.8. The molecule has 4 heterocycles. The molecule has 2 saturated heterocycles. The SMILES string of the molecule is CN1CCN(Cc2cccnc2)C2(CCN(Cc3ccsc3)C2)C1=O.O=C(O)C(F)(F)F.O=C(O)C(F)(F)F.O=C(O)C(F)(F)F. The van der Waals surface area contributed by atoms with Crippen molar-refractivity contribution in [3.05, 3.63) is 52.5 Å². The molecule has 21 heteroatoms. The molecule has 11 nitrogen and oxygen atoms in total. The van der Waals surface area contributed by atoms with Crippen molar-refractivity contribution < 1.29 is 74.0 Å². The van der Waals surface area contributed by atoms with E-state index in [0.717, 1.165) is 45.7 Å². The highest BCUT2D eigenvalue weighted by atomic mass is 32.1. The van der Waals surface area contributed by atoms with Crippen molar-refractivity contribution >= 4 is 35.2 Å². The van der Waals surface area contributed by atoms with E-state index in [1.54, 1.807) is 17.5 Å². The van der Waals surface area contributed by atoms with Crippen molar-refractivity contribution in [3.63, 3.8) is 0 Å². The average molecular weight is 699 g/mol. The number of likely N-dealkylation sites (tertiary alicyclic amines) is 1. The van der Waals surface area contributed by atoms with E-state index in [1.165, 1.54) is 11.1 Å². The molecule has 2 aliphatic heterocycles. The molecule has 1 amide bonds. The number of nitrogens with zero attached hydrogens (tertiary/aromatic N) is 4. The van der Waals surface area contributed by atoms with Crippen LogP contribution in [0.5, 0.6) is 0 Å². The Hall–Kier alpha value is -3.98. The Morgan fingerprint density at radius 1 is 0.848 bits per heavy atom. The van der Waals surface area contributed by atoms with Gasteiger partial charge < -0.3 is 20.2 Å². The number of aliphatic carboxylic acids is 3. The Kier molecular flexibility index (Phi) is 14.4. The standard InChI is InChI=1S/C19H24N4OS.3C2HF3O2/c1-21-8-9-23(13-16-3-2-6-20-11-16)19(18(21)24)5-7-22(15-19)12-17-4-10-25-14-17;3*3-2(4,5)1(6)7/h2-4,6,10-11,14H,5,7-9,12-13,15H2,1H3;3*(H,6,7). The van der Waals surface area contributed by atoms with E-state index in [4.69, 9.17) is 29.7 Å². The summed E-state index contributed by atoms with van der Waals surface area (Å²) in [5.41, 5.74) is 2.13. The summed E-state index contributed by atoms with van der Waals surface area (Å²) in [6.45, 7) is 5.22. The van der Waals surface area contributed by atoms with E-state index >= 15 is 0 Å². The van der Waals surface area contributed by atoms with Gasteiger partial charge in [0.05, 0.1) is 0 Å². The van der Waals surface area contributed by atoms with Gasteiger partial charge in [-0.15, -0.1) is 0 Å². The molecule has 2 aliphatic rings. The molecule has 0 saturated carbocycles. The molecule has 3 N–H and O–H groups in total. The van der Waals surface area contributed by atoms with Crippen LogP contribution in [0.15, 0.2) is 41.4 Å². The smallest absolute Gasteiger partial charge is 0.475 e. The highest BCUT2D eigenvalue weighted by molar-refractivity contribution is 7.07. The first kappa shape index (κ1) is 40.0. The number of halogens is 9. The number of thiophene rings is 1. The number of carbonyl (C=O) groups is 4. The topological polar surface area (TPSA) is 152 Å². The van der Waals surface area contributed by atoms with Gasteiger partial charge >= 0.3 is 36.4 Å². The summed E-state index contributed by atoms with van der Waals surface area (Å²) in [6, 6.07) is 6.25. The average Bonchev–Trinajstić information content (AvgIpc) is 3.60. The van der Waals surface area contributed by atoms with Crippen molar-refractivity contribution in [2.45, 2.75) is 43.6 Å². The summed E-state index contributed by atoms with van der Waals surface area (Å²) in [5.74, 6) is -8.00. The predicted octanol–water partition coefficient (Wildman–Crippen LogP) is 3.96. The zero-order valence-corrected chi connectivity index (χ0v) is 24.4. The van der Waals surface area contributed by atoms with E-state index < -0.39 is 42.0 Å². The van der Waals surface area contributed by atoms with Crippen LogP contribution in [0.4, 0.5) is 39.5 Å². The van der Waals surface area contributed by atoms with E-state index in [0.29, 0.717) is 0 Å². The number of hydrogen-bond donors (Lipinski definition) is 3. The van der Waals surface area contributed by atoms with Gasteiger partial charge in [0, 0.05) is 58.7 Å². The highest BCUT2D eigenvalue weighted by Gasteiger charge is 2.52. The van der Waals surface area contributed by atoms with Crippen molar-refractivity contribution in [3.8, 4) is 0 Å². The number of pyridine rings is 1. The maximum Gasteiger partial charge on any atom is 0.490 e. The predicted molar refractivity (Wildman–Crippen MR) is 140 cm³/mol. The van der Waals surface area contributed by atoms with Gasteiger partial charge in [-0.05, 0) is 40.4 Å². The van der Waals surface area contributed by atoms with Crippen LogP contribution < -0.4 is 0 Å². The van der Waals surface area contributed by atoms with Gasteiger partial charge in [-0.3, -0.25) is 19.6 Å². The van der Waals surface area contributed by atoms with E-state index in [2.05, 4.69) is 37.7 Å². The minimum absolute atomic E-state index is 0.274. The van der Waals surface area contributed by atoms with Crippen LogP contribution >= 0.6 is 11.3 Å². The van der Waals surface area contributed by atoms with Gasteiger partial charge in [0.25, 0.3) is 0 Å². The van der Waals surface area contributed by atoms with Gasteiger partial charge in [-0.1, -0.05) is 6.07 Å². The van der Waals surface area contributed by atoms with E-state index in [-0.39, 0.29) is 5.91 Å². The molecular formula is C25H27F9N4O7S. The monoisotopic (exact) mass is 698 g/mol. The molecule has 46 heavy (non-hydrogen) atoms. The Bertz CT molecular complexity index is 1240. The van der Waals surface area contributed by atoms with Gasteiger partial charge in [0.15, 0.2) is 0 Å². The second-order valence-corrected chi connectivity index (χ2v) is 10.3. The zero-order chi connectivity index (χ0) is 35.5. The molecule has 1 atom stereocenters. The summed E-state index contributed by atoms with van der Waals surface area (Å²) in [5, 5.41) is 25.7. The second-order valence-electron chi connectivity index (χ2n) is 9.54. The Balaban J connectivity index is 0.000000413. The molecule has 1 unspecified atom stereocenters. The number of likely N-dealkylation sites (N-methyl/N-ethyl adjacent to an activating group) is 1. The first-order valence-corrected chi connectivity index (χ1v) is 13.5. The Labute approximate surface area is 258 Å². The lowest BCUT2D eigenvalue weighted by Gasteiger charge is -2.46. The third-order valence-electron chi connectivity index (χ3n) is 6.19. The lowest BCUT2D eigenvalue weighted by molar-refractivity contribution is -0.193. The minimum atomic E-state index is -5.08. The number of piperazine rings is 1. The van der Waals surface area contributed by atoms with Crippen LogP contribution in [0.2, 0.25) is 0 Å². The number of aromatic nitrogens is 1. The van der Waals surface area contributed by atoms with Crippen LogP contribution in [-0.4, -0.2) is 116 Å². The normalized spacial score (nSPS) is 18.8. The van der Waals surface area contributed by atoms with Crippen molar-refractivity contribution in [2.24, 2.45) is 0 Å². The zero-order valence-electron chi connectivity index (χ0n) is 23.6. The van der Waals surface area contributed by atoms with Crippen molar-refractivity contribution in [2.75, 3.05) is 33.2 Å². The number of carbonyl (C=O) groups excluding carboxylic acids is 1. The lowest BCUT2D eigenvalue weighted by atomic mass is 9.91. The van der Waals surface area contributed by atoms with Crippen LogP contribution in [0, 0.1) is 0 Å². The van der Waals surface area contributed by atoms with E-state index in [9.17, 15) is 44.3 Å². The van der Waals surface area contributed by atoms with Crippen LogP contribution in [0.25, 0.3) is 0 Å². The summed E-state index contributed by atoms with van der Waals surface area (Å²) >= 11 is 1.73. The first-order valence-electron chi connectivity index (χ1n) is 12.5. The lowest BCUT2D eigenvalue weighted by Crippen LogP contribution is -2.65. The van der Waals surface area contributed by atoms with Crippen LogP contribution in [0.1, 0.15) is 17.5 Å². The number of rotatable bonds is 4. The number of alkyl halides is 9. The molecule has 2 fully saturated rings. The van der Waals surface area contributed by atoms with Gasteiger partial charge in [0.1, 0.15) is 5.54 Å². The van der Waals surface area contributed by atoms with E-state index in [1.807, 2.05) is 24.2 Å². The fourth-order valence-electron chi connectivity index (χ4n) is 4.10. The maximum atomic E-state index is 13.1. The van der Waals surface area contributed by atoms with Gasteiger partial charge in [-0.25, -0.2) is 14.4 Å². The van der Waals surface area contributed by atoms with Gasteiger partial charge in [-0.2, -0.15) is 50.9 Å². The molecule has 0 aliphatic carbocycles. The molecule has 2 aromatic rings. The summed E-state index contributed by atoms with van der Waals surface area (Å²) < 4.78 is 95.2. The molecule has 2 aromatic heterocycles. The van der Waals surface area contributed by atoms with Crippen LogP contribution in [-0.2, 0) is 32.3 Å². The fraction of sp³-hybridized carbons (Fsp3) is 0.480. The number of hydrogen-bond acceptors (Lipinski definition) is 8. The quantitative estimate of drug-likeness (QED) is 0.401. The van der Waals surface area contributed by atoms with Crippen LogP contribution in [0.3, 0.4) is 0 Å². The molecular weight excluding hydrogens is 671 g/mol. The van der Waals surface area contributed by atoms with Gasteiger partial charge in [0.2, 0.25) is 5.91 Å². The molecule has 0 radical (unpaired) electrons. The highest BCUT2D eigenvalue weighted by Crippen LogP contribution is 2.34. The largest absolute Gasteiger partial charge is 0.490 e. The number of amides is 1. The summed E-state index contributed by atoms with van der Waals surface area (Å²) in [4.78, 5) is 50.8. The summed E-state index contributed by atoms with van der Waals surface area (Å²) in [6.07, 6.45) is -10.6. The molecule has 4 rings (SSSR count). The Morgan fingerprint density at radius 2 is 1.37 bits per heavy atom. The summed E-state index contributed by atoms with van der Waals surface area (Å²) in [7, 11) is 1.94.